The lowest BCUT2D eigenvalue weighted by Gasteiger charge is -2.19. The van der Waals surface area contributed by atoms with Crippen molar-refractivity contribution in [3.8, 4) is 11.4 Å². The predicted molar refractivity (Wildman–Crippen MR) is 95.7 cm³/mol. The summed E-state index contributed by atoms with van der Waals surface area (Å²) in [5, 5.41) is 6.89. The Morgan fingerprint density at radius 2 is 2.23 bits per heavy atom. The number of hydrogen-bond donors (Lipinski definition) is 1. The average Bonchev–Trinajstić information content (AvgIpc) is 3.33. The van der Waals surface area contributed by atoms with Gasteiger partial charge >= 0.3 is 0 Å². The first-order valence-electron chi connectivity index (χ1n) is 8.43. The maximum atomic E-state index is 13.1. The van der Waals surface area contributed by atoms with Gasteiger partial charge in [-0.15, -0.1) is 0 Å². The molecule has 1 unspecified atom stereocenters. The number of amides is 1. The number of hydrogen-bond acceptors (Lipinski definition) is 5. The molecule has 1 aliphatic heterocycles. The zero-order chi connectivity index (χ0) is 18.7. The molecule has 0 aliphatic carbocycles. The number of methoxy groups -OCH3 is 1. The van der Waals surface area contributed by atoms with Gasteiger partial charge in [0.2, 0.25) is 15.9 Å². The molecule has 1 aliphatic rings. The Morgan fingerprint density at radius 3 is 2.88 bits per heavy atom. The molecule has 0 saturated carbocycles. The summed E-state index contributed by atoms with van der Waals surface area (Å²) in [5.74, 6) is -0.171. The molecule has 140 valence electrons. The second-order valence-corrected chi connectivity index (χ2v) is 7.94. The number of benzene rings is 1. The minimum absolute atomic E-state index is 0.0737. The molecule has 1 N–H and O–H groups in total. The number of nitrogens with zero attached hydrogens (tertiary/aromatic N) is 3. The topological polar surface area (TPSA) is 93.5 Å². The molecule has 0 radical (unpaired) electrons. The van der Waals surface area contributed by atoms with Gasteiger partial charge in [0.1, 0.15) is 10.6 Å². The monoisotopic (exact) mass is 378 g/mol. The maximum absolute atomic E-state index is 13.1. The summed E-state index contributed by atoms with van der Waals surface area (Å²) in [6.45, 7) is 2.84. The highest BCUT2D eigenvalue weighted by Gasteiger charge is 2.37. The van der Waals surface area contributed by atoms with Crippen molar-refractivity contribution in [1.29, 1.82) is 0 Å². The highest BCUT2D eigenvalue weighted by Crippen LogP contribution is 2.32. The van der Waals surface area contributed by atoms with Gasteiger partial charge in [-0.05, 0) is 37.6 Å². The van der Waals surface area contributed by atoms with E-state index < -0.39 is 10.0 Å². The number of carbonyl (C=O) groups excluding carboxylic acids is 1. The molecule has 26 heavy (non-hydrogen) atoms. The molecule has 1 aromatic carbocycles. The minimum Gasteiger partial charge on any atom is -0.495 e. The quantitative estimate of drug-likeness (QED) is 0.810. The van der Waals surface area contributed by atoms with Crippen LogP contribution >= 0.6 is 0 Å². The summed E-state index contributed by atoms with van der Waals surface area (Å²) in [6, 6.07) is 6.66. The van der Waals surface area contributed by atoms with E-state index in [0.717, 1.165) is 0 Å². The predicted octanol–water partition coefficient (Wildman–Crippen LogP) is 1.03. The fourth-order valence-electron chi connectivity index (χ4n) is 3.05. The third-order valence-electron chi connectivity index (χ3n) is 4.41. The van der Waals surface area contributed by atoms with Crippen LogP contribution < -0.4 is 10.1 Å². The van der Waals surface area contributed by atoms with Gasteiger partial charge in [0, 0.05) is 32.0 Å². The van der Waals surface area contributed by atoms with Gasteiger partial charge in [0.15, 0.2) is 0 Å². The lowest BCUT2D eigenvalue weighted by molar-refractivity contribution is -0.124. The van der Waals surface area contributed by atoms with E-state index in [1.807, 2.05) is 6.92 Å². The van der Waals surface area contributed by atoms with Crippen LogP contribution in [-0.2, 0) is 14.8 Å². The number of rotatable bonds is 6. The molecule has 9 heteroatoms. The number of nitrogens with one attached hydrogen (secondary N) is 1. The largest absolute Gasteiger partial charge is 0.495 e. The molecule has 8 nitrogen and oxygen atoms in total. The Labute approximate surface area is 152 Å². The van der Waals surface area contributed by atoms with Gasteiger partial charge in [-0.3, -0.25) is 4.79 Å². The third-order valence-corrected chi connectivity index (χ3v) is 6.29. The number of carbonyl (C=O) groups is 1. The number of aromatic nitrogens is 2. The van der Waals surface area contributed by atoms with Crippen molar-refractivity contribution >= 4 is 15.9 Å². The van der Waals surface area contributed by atoms with E-state index >= 15 is 0 Å². The van der Waals surface area contributed by atoms with E-state index in [1.165, 1.54) is 11.4 Å². The zero-order valence-electron chi connectivity index (χ0n) is 14.8. The molecular weight excluding hydrogens is 356 g/mol. The van der Waals surface area contributed by atoms with Crippen molar-refractivity contribution in [2.45, 2.75) is 18.2 Å². The third kappa shape index (κ3) is 3.45. The Kier molecular flexibility index (Phi) is 5.28. The smallest absolute Gasteiger partial charge is 0.246 e. The van der Waals surface area contributed by atoms with Crippen LogP contribution in [0.4, 0.5) is 0 Å². The normalized spacial score (nSPS) is 18.0. The van der Waals surface area contributed by atoms with Gasteiger partial charge in [-0.25, -0.2) is 13.1 Å². The standard InChI is InChI=1S/C17H22N4O4S/c1-3-18-17(22)13-7-10-20(12-13)26(23,24)16-11-14(5-6-15(16)25-2)21-9-4-8-19-21/h4-6,8-9,11,13H,3,7,10,12H2,1-2H3,(H,18,22). The lowest BCUT2D eigenvalue weighted by Crippen LogP contribution is -2.34. The second kappa shape index (κ2) is 7.46. The highest BCUT2D eigenvalue weighted by molar-refractivity contribution is 7.89. The molecule has 1 fully saturated rings. The van der Waals surface area contributed by atoms with Crippen LogP contribution in [0, 0.1) is 5.92 Å². The molecule has 1 aromatic heterocycles. The van der Waals surface area contributed by atoms with Gasteiger partial charge in [0.05, 0.1) is 18.7 Å². The van der Waals surface area contributed by atoms with E-state index in [1.54, 1.807) is 41.3 Å². The number of sulfonamides is 1. The van der Waals surface area contributed by atoms with Crippen molar-refractivity contribution in [3.05, 3.63) is 36.7 Å². The first kappa shape index (κ1) is 18.4. The fraction of sp³-hybridized carbons (Fsp3) is 0.412. The van der Waals surface area contributed by atoms with Crippen molar-refractivity contribution < 1.29 is 17.9 Å². The maximum Gasteiger partial charge on any atom is 0.246 e. The Morgan fingerprint density at radius 1 is 1.42 bits per heavy atom. The summed E-state index contributed by atoms with van der Waals surface area (Å²) in [5.41, 5.74) is 0.619. The molecule has 1 atom stereocenters. The fourth-order valence-corrected chi connectivity index (χ4v) is 4.72. The first-order valence-corrected chi connectivity index (χ1v) is 9.87. The molecule has 1 saturated heterocycles. The van der Waals surface area contributed by atoms with E-state index in [-0.39, 0.29) is 29.0 Å². The van der Waals surface area contributed by atoms with Gasteiger partial charge in [-0.2, -0.15) is 9.40 Å². The van der Waals surface area contributed by atoms with E-state index in [2.05, 4.69) is 10.4 Å². The van der Waals surface area contributed by atoms with Crippen molar-refractivity contribution in [2.24, 2.45) is 5.92 Å². The summed E-state index contributed by atoms with van der Waals surface area (Å²) in [7, 11) is -2.36. The molecule has 2 aromatic rings. The van der Waals surface area contributed by atoms with Crippen LogP contribution in [0.15, 0.2) is 41.6 Å². The van der Waals surface area contributed by atoms with Crippen LogP contribution in [-0.4, -0.2) is 55.2 Å². The van der Waals surface area contributed by atoms with Crippen LogP contribution in [0.2, 0.25) is 0 Å². The second-order valence-electron chi connectivity index (χ2n) is 6.03. The van der Waals surface area contributed by atoms with Crippen LogP contribution in [0.5, 0.6) is 5.75 Å². The SMILES string of the molecule is CCNC(=O)C1CCN(S(=O)(=O)c2cc(-n3cccn3)ccc2OC)C1. The van der Waals surface area contributed by atoms with Crippen molar-refractivity contribution in [3.63, 3.8) is 0 Å². The van der Waals surface area contributed by atoms with E-state index in [9.17, 15) is 13.2 Å². The molecule has 2 heterocycles. The molecule has 1 amide bonds. The average molecular weight is 378 g/mol. The van der Waals surface area contributed by atoms with Crippen LogP contribution in [0.25, 0.3) is 5.69 Å². The Bertz CT molecular complexity index is 880. The summed E-state index contributed by atoms with van der Waals surface area (Å²) in [6.07, 6.45) is 3.86. The Hall–Kier alpha value is -2.39. The van der Waals surface area contributed by atoms with Gasteiger partial charge in [-0.1, -0.05) is 0 Å². The van der Waals surface area contributed by atoms with Gasteiger partial charge < -0.3 is 10.1 Å². The highest BCUT2D eigenvalue weighted by atomic mass is 32.2. The summed E-state index contributed by atoms with van der Waals surface area (Å²) in [4.78, 5) is 12.1. The van der Waals surface area contributed by atoms with Crippen LogP contribution in [0.1, 0.15) is 13.3 Å². The van der Waals surface area contributed by atoms with E-state index in [4.69, 9.17) is 4.74 Å². The van der Waals surface area contributed by atoms with Crippen molar-refractivity contribution in [1.82, 2.24) is 19.4 Å². The minimum atomic E-state index is -3.79. The summed E-state index contributed by atoms with van der Waals surface area (Å²) < 4.78 is 34.5. The van der Waals surface area contributed by atoms with Gasteiger partial charge in [0.25, 0.3) is 0 Å². The van der Waals surface area contributed by atoms with E-state index in [0.29, 0.717) is 25.2 Å². The molecule has 3 rings (SSSR count). The number of ether oxygens (including phenoxy) is 1. The molecular formula is C17H22N4O4S. The zero-order valence-corrected chi connectivity index (χ0v) is 15.6. The van der Waals surface area contributed by atoms with Crippen molar-refractivity contribution in [2.75, 3.05) is 26.7 Å². The molecule has 0 bridgehead atoms. The van der Waals surface area contributed by atoms with Crippen LogP contribution in [0.3, 0.4) is 0 Å². The Balaban J connectivity index is 1.92. The first-order chi connectivity index (χ1) is 12.5. The molecule has 0 spiro atoms. The lowest BCUT2D eigenvalue weighted by atomic mass is 10.1. The summed E-state index contributed by atoms with van der Waals surface area (Å²) >= 11 is 0.